The van der Waals surface area contributed by atoms with Crippen molar-refractivity contribution in [3.63, 3.8) is 0 Å². The zero-order valence-electron chi connectivity index (χ0n) is 7.07. The fourth-order valence-electron chi connectivity index (χ4n) is 0.738. The van der Waals surface area contributed by atoms with Gasteiger partial charge in [0.15, 0.2) is 0 Å². The first kappa shape index (κ1) is 11.0. The maximum Gasteiger partial charge on any atom is 0.456 e. The lowest BCUT2D eigenvalue weighted by molar-refractivity contribution is -0.167. The number of likely N-dealkylation sites (N-methyl/N-ethyl adjacent to an activating group) is 1. The molecule has 0 radical (unpaired) electrons. The van der Waals surface area contributed by atoms with E-state index < -0.39 is 12.0 Å². The number of carbonyl (C=O) groups is 1. The first-order chi connectivity index (χ1) is 5.30. The molecule has 70 valence electrons. The predicted octanol–water partition coefficient (Wildman–Crippen LogP) is 1.58. The molecule has 0 fully saturated rings. The maximum atomic E-state index is 11.8. The van der Waals surface area contributed by atoms with Gasteiger partial charge in [0.25, 0.3) is 5.78 Å². The minimum atomic E-state index is -4.79. The lowest BCUT2D eigenvalue weighted by Gasteiger charge is -2.16. The lowest BCUT2D eigenvalue weighted by Crippen LogP contribution is -2.31. The van der Waals surface area contributed by atoms with Gasteiger partial charge in [-0.05, 0) is 6.92 Å². The van der Waals surface area contributed by atoms with Crippen LogP contribution in [0, 0.1) is 0 Å². The van der Waals surface area contributed by atoms with E-state index in [0.29, 0.717) is 0 Å². The molecule has 0 aromatic carbocycles. The van der Waals surface area contributed by atoms with Gasteiger partial charge in [0.05, 0.1) is 5.70 Å². The number of hydrogen-bond acceptors (Lipinski definition) is 2. The number of Topliss-reactive ketones (excluding diaryl/α,β-unsaturated/α-hetero) is 1. The van der Waals surface area contributed by atoms with Crippen molar-refractivity contribution >= 4 is 5.78 Å². The summed E-state index contributed by atoms with van der Waals surface area (Å²) in [5.41, 5.74) is -0.345. The number of carbonyl (C=O) groups excluding carboxylic acids is 1. The van der Waals surface area contributed by atoms with E-state index in [0.717, 1.165) is 11.0 Å². The van der Waals surface area contributed by atoms with Crippen molar-refractivity contribution in [2.75, 3.05) is 14.1 Å². The molecule has 0 aliphatic carbocycles. The molecule has 0 aromatic heterocycles. The van der Waals surface area contributed by atoms with Gasteiger partial charge >= 0.3 is 6.18 Å². The van der Waals surface area contributed by atoms with Crippen LogP contribution >= 0.6 is 0 Å². The Balaban J connectivity index is 4.69. The second-order valence-corrected chi connectivity index (χ2v) is 2.40. The number of allylic oxidation sites excluding steroid dienone is 2. The molecule has 0 saturated heterocycles. The van der Waals surface area contributed by atoms with Gasteiger partial charge in [0.2, 0.25) is 0 Å². The monoisotopic (exact) mass is 181 g/mol. The minimum absolute atomic E-state index is 0.345. The fourth-order valence-corrected chi connectivity index (χ4v) is 0.738. The van der Waals surface area contributed by atoms with Crippen LogP contribution in [0.15, 0.2) is 11.8 Å². The van der Waals surface area contributed by atoms with E-state index in [1.807, 2.05) is 0 Å². The van der Waals surface area contributed by atoms with Crippen LogP contribution < -0.4 is 0 Å². The highest BCUT2D eigenvalue weighted by Crippen LogP contribution is 2.21. The highest BCUT2D eigenvalue weighted by Gasteiger charge is 2.41. The number of hydrogen-bond donors (Lipinski definition) is 0. The van der Waals surface area contributed by atoms with E-state index in [1.165, 1.54) is 21.0 Å². The number of nitrogens with zero attached hydrogens (tertiary/aromatic N) is 1. The highest BCUT2D eigenvalue weighted by atomic mass is 19.4. The molecule has 0 heterocycles. The zero-order valence-corrected chi connectivity index (χ0v) is 7.07. The van der Waals surface area contributed by atoms with Crippen molar-refractivity contribution < 1.29 is 18.0 Å². The van der Waals surface area contributed by atoms with Crippen molar-refractivity contribution in [3.05, 3.63) is 11.8 Å². The van der Waals surface area contributed by atoms with Crippen molar-refractivity contribution in [1.29, 1.82) is 0 Å². The molecule has 0 aliphatic rings. The Morgan fingerprint density at radius 3 is 1.83 bits per heavy atom. The molecule has 5 heteroatoms. The van der Waals surface area contributed by atoms with Gasteiger partial charge < -0.3 is 4.90 Å². The summed E-state index contributed by atoms with van der Waals surface area (Å²) in [6, 6.07) is 0. The summed E-state index contributed by atoms with van der Waals surface area (Å²) < 4.78 is 35.5. The van der Waals surface area contributed by atoms with E-state index in [4.69, 9.17) is 0 Å². The smallest absolute Gasteiger partial charge is 0.375 e. The Morgan fingerprint density at radius 2 is 1.75 bits per heavy atom. The number of ketones is 1. The van der Waals surface area contributed by atoms with Crippen LogP contribution in [0.3, 0.4) is 0 Å². The summed E-state index contributed by atoms with van der Waals surface area (Å²) >= 11 is 0. The highest BCUT2D eigenvalue weighted by molar-refractivity contribution is 5.98. The first-order valence-electron chi connectivity index (χ1n) is 3.26. The topological polar surface area (TPSA) is 20.3 Å². The van der Waals surface area contributed by atoms with Gasteiger partial charge in [-0.3, -0.25) is 4.79 Å². The average Bonchev–Trinajstić information content (AvgIpc) is 1.86. The van der Waals surface area contributed by atoms with E-state index in [-0.39, 0.29) is 5.70 Å². The largest absolute Gasteiger partial charge is 0.456 e. The molecular formula is C7H10F3NO. The van der Waals surface area contributed by atoms with E-state index in [1.54, 1.807) is 0 Å². The summed E-state index contributed by atoms with van der Waals surface area (Å²) in [5.74, 6) is -1.81. The normalized spacial score (nSPS) is 13.0. The third kappa shape index (κ3) is 2.56. The predicted molar refractivity (Wildman–Crippen MR) is 38.5 cm³/mol. The van der Waals surface area contributed by atoms with E-state index >= 15 is 0 Å². The SMILES string of the molecule is C/C=C(\C(=O)C(F)(F)F)N(C)C. The molecule has 0 rings (SSSR count). The van der Waals surface area contributed by atoms with Crippen LogP contribution in [-0.2, 0) is 4.79 Å². The van der Waals surface area contributed by atoms with Crippen LogP contribution in [0.1, 0.15) is 6.92 Å². The molecule has 0 atom stereocenters. The van der Waals surface area contributed by atoms with Crippen LogP contribution in [0.2, 0.25) is 0 Å². The second-order valence-electron chi connectivity index (χ2n) is 2.40. The van der Waals surface area contributed by atoms with Gasteiger partial charge in [-0.2, -0.15) is 13.2 Å². The molecule has 0 N–H and O–H groups in total. The third-order valence-corrected chi connectivity index (χ3v) is 1.25. The summed E-state index contributed by atoms with van der Waals surface area (Å²) in [6.45, 7) is 1.39. The molecule has 0 amide bonds. The molecule has 0 bridgehead atoms. The lowest BCUT2D eigenvalue weighted by atomic mass is 10.2. The quantitative estimate of drug-likeness (QED) is 0.603. The number of rotatable bonds is 2. The van der Waals surface area contributed by atoms with Gasteiger partial charge in [0, 0.05) is 14.1 Å². The third-order valence-electron chi connectivity index (χ3n) is 1.25. The molecule has 0 spiro atoms. The average molecular weight is 181 g/mol. The Morgan fingerprint density at radius 1 is 1.33 bits per heavy atom. The van der Waals surface area contributed by atoms with Crippen LogP contribution in [-0.4, -0.2) is 31.0 Å². The van der Waals surface area contributed by atoms with Gasteiger partial charge in [-0.15, -0.1) is 0 Å². The van der Waals surface area contributed by atoms with Crippen LogP contribution in [0.5, 0.6) is 0 Å². The fraction of sp³-hybridized carbons (Fsp3) is 0.571. The molecule has 0 saturated carbocycles. The second kappa shape index (κ2) is 3.60. The number of halogens is 3. The Hall–Kier alpha value is -1.00. The first-order valence-corrected chi connectivity index (χ1v) is 3.26. The zero-order chi connectivity index (χ0) is 9.94. The molecular weight excluding hydrogens is 171 g/mol. The summed E-state index contributed by atoms with van der Waals surface area (Å²) in [5, 5.41) is 0. The van der Waals surface area contributed by atoms with E-state index in [9.17, 15) is 18.0 Å². The van der Waals surface area contributed by atoms with Crippen molar-refractivity contribution in [2.45, 2.75) is 13.1 Å². The van der Waals surface area contributed by atoms with Gasteiger partial charge in [-0.1, -0.05) is 6.08 Å². The Labute approximate surface area is 68.7 Å². The standard InChI is InChI=1S/C7H10F3NO/c1-4-5(11(2)3)6(12)7(8,9)10/h4H,1-3H3/b5-4+. The Bertz CT molecular complexity index is 205. The van der Waals surface area contributed by atoms with Gasteiger partial charge in [0.1, 0.15) is 0 Å². The summed E-state index contributed by atoms with van der Waals surface area (Å²) in [4.78, 5) is 11.7. The minimum Gasteiger partial charge on any atom is -0.375 e. The maximum absolute atomic E-state index is 11.8. The van der Waals surface area contributed by atoms with Crippen molar-refractivity contribution in [1.82, 2.24) is 4.90 Å². The summed E-state index contributed by atoms with van der Waals surface area (Å²) in [7, 11) is 2.78. The van der Waals surface area contributed by atoms with E-state index in [2.05, 4.69) is 0 Å². The molecule has 0 unspecified atom stereocenters. The molecule has 2 nitrogen and oxygen atoms in total. The molecule has 12 heavy (non-hydrogen) atoms. The van der Waals surface area contributed by atoms with Crippen molar-refractivity contribution in [2.24, 2.45) is 0 Å². The molecule has 0 aliphatic heterocycles. The molecule has 0 aromatic rings. The van der Waals surface area contributed by atoms with Crippen LogP contribution in [0.4, 0.5) is 13.2 Å². The summed E-state index contributed by atoms with van der Waals surface area (Å²) in [6.07, 6.45) is -3.65. The van der Waals surface area contributed by atoms with Gasteiger partial charge in [-0.25, -0.2) is 0 Å². The van der Waals surface area contributed by atoms with Crippen molar-refractivity contribution in [3.8, 4) is 0 Å². The number of alkyl halides is 3. The Kier molecular flexibility index (Phi) is 3.30. The van der Waals surface area contributed by atoms with Crippen LogP contribution in [0.25, 0.3) is 0 Å².